The average Bonchev–Trinajstić information content (AvgIpc) is 2.95. The van der Waals surface area contributed by atoms with Crippen molar-refractivity contribution in [3.63, 3.8) is 0 Å². The van der Waals surface area contributed by atoms with E-state index in [9.17, 15) is 12.8 Å². The maximum absolute atomic E-state index is 13.0. The van der Waals surface area contributed by atoms with Crippen molar-refractivity contribution < 1.29 is 12.8 Å². The minimum atomic E-state index is -3.22. The van der Waals surface area contributed by atoms with Crippen LogP contribution in [-0.4, -0.2) is 38.9 Å². The van der Waals surface area contributed by atoms with Crippen molar-refractivity contribution in [2.75, 3.05) is 24.3 Å². The Morgan fingerprint density at radius 1 is 1.37 bits per heavy atom. The van der Waals surface area contributed by atoms with Crippen LogP contribution >= 0.6 is 11.8 Å². The van der Waals surface area contributed by atoms with Crippen LogP contribution in [0.5, 0.6) is 0 Å². The predicted octanol–water partition coefficient (Wildman–Crippen LogP) is 2.58. The van der Waals surface area contributed by atoms with E-state index in [1.165, 1.54) is 12.8 Å². The molecule has 2 fully saturated rings. The van der Waals surface area contributed by atoms with Crippen LogP contribution in [0, 0.1) is 11.3 Å². The molecule has 0 amide bonds. The van der Waals surface area contributed by atoms with Crippen molar-refractivity contribution in [2.24, 2.45) is 11.3 Å². The predicted molar refractivity (Wildman–Crippen MR) is 78.7 cm³/mol. The van der Waals surface area contributed by atoms with Crippen LogP contribution in [0.3, 0.4) is 0 Å². The highest BCUT2D eigenvalue weighted by atomic mass is 32.2. The Labute approximate surface area is 120 Å². The van der Waals surface area contributed by atoms with Crippen LogP contribution in [0.2, 0.25) is 0 Å². The molecule has 2 unspecified atom stereocenters. The molecule has 112 valence electrons. The van der Waals surface area contributed by atoms with Crippen molar-refractivity contribution in [1.82, 2.24) is 4.72 Å². The zero-order chi connectivity index (χ0) is 13.9. The molecule has 0 heterocycles. The second-order valence-electron chi connectivity index (χ2n) is 6.14. The summed E-state index contributed by atoms with van der Waals surface area (Å²) in [5, 5.41) is 0. The van der Waals surface area contributed by atoms with Crippen LogP contribution in [0.4, 0.5) is 4.39 Å². The van der Waals surface area contributed by atoms with Gasteiger partial charge in [-0.1, -0.05) is 0 Å². The Hall–Kier alpha value is 0.190. The molecule has 0 aliphatic heterocycles. The van der Waals surface area contributed by atoms with E-state index >= 15 is 0 Å². The minimum Gasteiger partial charge on any atom is -0.247 e. The van der Waals surface area contributed by atoms with E-state index in [-0.39, 0.29) is 11.7 Å². The van der Waals surface area contributed by atoms with Gasteiger partial charge in [-0.05, 0) is 61.9 Å². The first-order valence-electron chi connectivity index (χ1n) is 7.05. The SMILES string of the molecule is CSCC1(CCNS(=O)(=O)CC2CCC(F)C2)CC1. The molecular weight excluding hydrogens is 285 g/mol. The molecule has 0 saturated heterocycles. The zero-order valence-electron chi connectivity index (χ0n) is 11.5. The van der Waals surface area contributed by atoms with Gasteiger partial charge in [-0.25, -0.2) is 17.5 Å². The summed E-state index contributed by atoms with van der Waals surface area (Å²) in [6, 6.07) is 0. The highest BCUT2D eigenvalue weighted by Crippen LogP contribution is 2.50. The van der Waals surface area contributed by atoms with Gasteiger partial charge in [-0.15, -0.1) is 0 Å². The lowest BCUT2D eigenvalue weighted by molar-refractivity contribution is 0.334. The fraction of sp³-hybridized carbons (Fsp3) is 1.00. The fourth-order valence-corrected chi connectivity index (χ4v) is 5.46. The maximum Gasteiger partial charge on any atom is 0.211 e. The molecule has 0 aromatic heterocycles. The first-order valence-corrected chi connectivity index (χ1v) is 10.1. The van der Waals surface area contributed by atoms with Crippen LogP contribution in [0.15, 0.2) is 0 Å². The van der Waals surface area contributed by atoms with Gasteiger partial charge in [0.2, 0.25) is 10.0 Å². The number of thioether (sulfide) groups is 1. The number of nitrogens with one attached hydrogen (secondary N) is 1. The normalized spacial score (nSPS) is 29.6. The molecule has 6 heteroatoms. The molecule has 0 aromatic carbocycles. The fourth-order valence-electron chi connectivity index (χ4n) is 2.96. The van der Waals surface area contributed by atoms with Gasteiger partial charge in [-0.2, -0.15) is 11.8 Å². The van der Waals surface area contributed by atoms with E-state index in [2.05, 4.69) is 11.0 Å². The highest BCUT2D eigenvalue weighted by Gasteiger charge is 2.41. The summed E-state index contributed by atoms with van der Waals surface area (Å²) < 4.78 is 39.6. The van der Waals surface area contributed by atoms with Crippen molar-refractivity contribution in [3.05, 3.63) is 0 Å². The average molecular weight is 309 g/mol. The van der Waals surface area contributed by atoms with Gasteiger partial charge in [0.25, 0.3) is 0 Å². The minimum absolute atomic E-state index is 0.00795. The lowest BCUT2D eigenvalue weighted by atomic mass is 10.1. The van der Waals surface area contributed by atoms with E-state index in [1.54, 1.807) is 0 Å². The monoisotopic (exact) mass is 309 g/mol. The molecule has 2 atom stereocenters. The molecule has 0 bridgehead atoms. The van der Waals surface area contributed by atoms with Crippen LogP contribution in [0.25, 0.3) is 0 Å². The Morgan fingerprint density at radius 2 is 2.11 bits per heavy atom. The Kier molecular flexibility index (Phi) is 5.17. The first kappa shape index (κ1) is 15.6. The van der Waals surface area contributed by atoms with E-state index in [1.807, 2.05) is 11.8 Å². The van der Waals surface area contributed by atoms with E-state index in [4.69, 9.17) is 0 Å². The van der Waals surface area contributed by atoms with Gasteiger partial charge < -0.3 is 0 Å². The number of halogens is 1. The molecule has 2 saturated carbocycles. The van der Waals surface area contributed by atoms with Gasteiger partial charge in [-0.3, -0.25) is 0 Å². The van der Waals surface area contributed by atoms with Crippen molar-refractivity contribution in [1.29, 1.82) is 0 Å². The third kappa shape index (κ3) is 4.90. The largest absolute Gasteiger partial charge is 0.247 e. The van der Waals surface area contributed by atoms with E-state index < -0.39 is 16.2 Å². The number of sulfonamides is 1. The zero-order valence-corrected chi connectivity index (χ0v) is 13.2. The smallest absolute Gasteiger partial charge is 0.211 e. The molecular formula is C13H24FNO2S2. The molecule has 3 nitrogen and oxygen atoms in total. The summed E-state index contributed by atoms with van der Waals surface area (Å²) in [6.45, 7) is 0.536. The van der Waals surface area contributed by atoms with Gasteiger partial charge in [0, 0.05) is 6.54 Å². The number of rotatable bonds is 8. The third-order valence-corrected chi connectivity index (χ3v) is 6.77. The van der Waals surface area contributed by atoms with Gasteiger partial charge >= 0.3 is 0 Å². The second-order valence-corrected chi connectivity index (χ2v) is 8.85. The molecule has 0 aromatic rings. The van der Waals surface area contributed by atoms with Crippen LogP contribution < -0.4 is 4.72 Å². The Balaban J connectivity index is 1.69. The highest BCUT2D eigenvalue weighted by molar-refractivity contribution is 7.98. The van der Waals surface area contributed by atoms with Crippen LogP contribution in [-0.2, 0) is 10.0 Å². The summed E-state index contributed by atoms with van der Waals surface area (Å²) in [7, 11) is -3.22. The summed E-state index contributed by atoms with van der Waals surface area (Å²) in [6.07, 6.45) is 6.33. The molecule has 2 aliphatic carbocycles. The topological polar surface area (TPSA) is 46.2 Å². The van der Waals surface area contributed by atoms with Gasteiger partial charge in [0.1, 0.15) is 6.17 Å². The summed E-state index contributed by atoms with van der Waals surface area (Å²) >= 11 is 1.84. The van der Waals surface area contributed by atoms with Crippen molar-refractivity contribution >= 4 is 21.8 Å². The lowest BCUT2D eigenvalue weighted by Crippen LogP contribution is -2.31. The Bertz CT molecular complexity index is 395. The second kappa shape index (κ2) is 6.31. The lowest BCUT2D eigenvalue weighted by Gasteiger charge is -2.15. The molecule has 19 heavy (non-hydrogen) atoms. The van der Waals surface area contributed by atoms with Gasteiger partial charge in [0.15, 0.2) is 0 Å². The number of alkyl halides is 1. The Morgan fingerprint density at radius 3 is 2.63 bits per heavy atom. The first-order chi connectivity index (χ1) is 8.95. The van der Waals surface area contributed by atoms with E-state index in [0.29, 0.717) is 31.2 Å². The van der Waals surface area contributed by atoms with Crippen molar-refractivity contribution in [2.45, 2.75) is 44.7 Å². The molecule has 2 aliphatic rings. The molecule has 0 radical (unpaired) electrons. The summed E-state index contributed by atoms with van der Waals surface area (Å²) in [5.74, 6) is 1.23. The van der Waals surface area contributed by atoms with Crippen molar-refractivity contribution in [3.8, 4) is 0 Å². The third-order valence-electron chi connectivity index (χ3n) is 4.32. The number of hydrogen-bond donors (Lipinski definition) is 1. The quantitative estimate of drug-likeness (QED) is 0.749. The molecule has 1 N–H and O–H groups in total. The molecule has 2 rings (SSSR count). The molecule has 0 spiro atoms. The maximum atomic E-state index is 13.0. The number of hydrogen-bond acceptors (Lipinski definition) is 3. The van der Waals surface area contributed by atoms with Crippen LogP contribution in [0.1, 0.15) is 38.5 Å². The van der Waals surface area contributed by atoms with Gasteiger partial charge in [0.05, 0.1) is 5.75 Å². The summed E-state index contributed by atoms with van der Waals surface area (Å²) in [5.41, 5.74) is 0.388. The summed E-state index contributed by atoms with van der Waals surface area (Å²) in [4.78, 5) is 0. The van der Waals surface area contributed by atoms with E-state index in [0.717, 1.165) is 12.2 Å². The standard InChI is InChI=1S/C13H24FNO2S2/c1-18-10-13(4-5-13)6-7-15-19(16,17)9-11-2-3-12(14)8-11/h11-12,15H,2-10H2,1H3.